The zero-order valence-corrected chi connectivity index (χ0v) is 20.9. The zero-order valence-electron chi connectivity index (χ0n) is 20.1. The van der Waals surface area contributed by atoms with Gasteiger partial charge in [0.1, 0.15) is 10.5 Å². The van der Waals surface area contributed by atoms with E-state index in [0.717, 1.165) is 15.8 Å². The molecule has 1 saturated heterocycles. The standard InChI is InChI=1S/C28H30N4O2S/c1-20-8-10-23(11-9-20)19-32-25(16-24-12-15-35-27(24)32)26(33)30-13-14-31(21(2)18-30)28(34)29-17-22-6-4-3-5-7-22/h3-12,15-16,21H,13-14,17-19H2,1-2H3,(H,29,34). The van der Waals surface area contributed by atoms with Crippen LogP contribution in [0.1, 0.15) is 34.1 Å². The van der Waals surface area contributed by atoms with Crippen LogP contribution in [0.3, 0.4) is 0 Å². The average molecular weight is 487 g/mol. The summed E-state index contributed by atoms with van der Waals surface area (Å²) in [5.41, 5.74) is 4.17. The van der Waals surface area contributed by atoms with E-state index in [2.05, 4.69) is 52.5 Å². The second-order valence-electron chi connectivity index (χ2n) is 9.22. The van der Waals surface area contributed by atoms with E-state index in [-0.39, 0.29) is 18.0 Å². The number of amides is 3. The van der Waals surface area contributed by atoms with Gasteiger partial charge in [-0.3, -0.25) is 4.79 Å². The Hall–Kier alpha value is -3.58. The third kappa shape index (κ3) is 4.95. The van der Waals surface area contributed by atoms with Gasteiger partial charge in [-0.05, 0) is 42.5 Å². The number of fused-ring (bicyclic) bond motifs is 1. The van der Waals surface area contributed by atoms with Gasteiger partial charge in [0.2, 0.25) is 0 Å². The molecule has 1 fully saturated rings. The average Bonchev–Trinajstić information content (AvgIpc) is 3.46. The van der Waals surface area contributed by atoms with Gasteiger partial charge in [-0.1, -0.05) is 60.2 Å². The van der Waals surface area contributed by atoms with E-state index < -0.39 is 0 Å². The fourth-order valence-corrected chi connectivity index (χ4v) is 5.56. The molecular weight excluding hydrogens is 456 g/mol. The van der Waals surface area contributed by atoms with Gasteiger partial charge >= 0.3 is 6.03 Å². The molecular formula is C28H30N4O2S. The molecule has 1 N–H and O–H groups in total. The monoisotopic (exact) mass is 486 g/mol. The minimum atomic E-state index is -0.0864. The summed E-state index contributed by atoms with van der Waals surface area (Å²) in [5.74, 6) is 0.0247. The van der Waals surface area contributed by atoms with Gasteiger partial charge in [0.25, 0.3) is 5.91 Å². The lowest BCUT2D eigenvalue weighted by molar-refractivity contribution is 0.0570. The lowest BCUT2D eigenvalue weighted by Gasteiger charge is -2.39. The summed E-state index contributed by atoms with van der Waals surface area (Å²) in [6.07, 6.45) is 0. The normalized spacial score (nSPS) is 16.0. The first kappa shape index (κ1) is 23.2. The van der Waals surface area contributed by atoms with Gasteiger partial charge in [0.15, 0.2) is 0 Å². The van der Waals surface area contributed by atoms with Crippen LogP contribution >= 0.6 is 11.3 Å². The van der Waals surface area contributed by atoms with Gasteiger partial charge in [-0.2, -0.15) is 0 Å². The number of thiophene rings is 1. The highest BCUT2D eigenvalue weighted by atomic mass is 32.1. The number of nitrogens with zero attached hydrogens (tertiary/aromatic N) is 3. The van der Waals surface area contributed by atoms with Crippen molar-refractivity contribution in [2.45, 2.75) is 33.0 Å². The van der Waals surface area contributed by atoms with Gasteiger partial charge in [0, 0.05) is 44.2 Å². The number of hydrogen-bond acceptors (Lipinski definition) is 3. The Labute approximate surface area is 209 Å². The fourth-order valence-electron chi connectivity index (χ4n) is 4.67. The minimum absolute atomic E-state index is 0.0247. The molecule has 0 radical (unpaired) electrons. The van der Waals surface area contributed by atoms with Crippen LogP contribution in [0.4, 0.5) is 4.79 Å². The Balaban J connectivity index is 1.28. The van der Waals surface area contributed by atoms with Crippen LogP contribution in [0.15, 0.2) is 72.1 Å². The number of nitrogens with one attached hydrogen (secondary N) is 1. The summed E-state index contributed by atoms with van der Waals surface area (Å²) in [6, 6.07) is 22.3. The van der Waals surface area contributed by atoms with E-state index in [0.29, 0.717) is 38.4 Å². The van der Waals surface area contributed by atoms with Crippen LogP contribution in [-0.2, 0) is 13.1 Å². The second-order valence-corrected chi connectivity index (χ2v) is 10.1. The zero-order chi connectivity index (χ0) is 24.4. The van der Waals surface area contributed by atoms with E-state index in [1.54, 1.807) is 11.3 Å². The maximum Gasteiger partial charge on any atom is 0.318 e. The first-order valence-corrected chi connectivity index (χ1v) is 12.9. The lowest BCUT2D eigenvalue weighted by Crippen LogP contribution is -2.57. The molecule has 7 heteroatoms. The Bertz CT molecular complexity index is 1330. The molecule has 2 aromatic heterocycles. The summed E-state index contributed by atoms with van der Waals surface area (Å²) in [7, 11) is 0. The molecule has 0 aliphatic carbocycles. The SMILES string of the molecule is Cc1ccc(Cn2c(C(=O)N3CCN(C(=O)NCc4ccccc4)C(C)C3)cc3ccsc32)cc1. The van der Waals surface area contributed by atoms with Gasteiger partial charge < -0.3 is 19.7 Å². The fraction of sp³-hybridized carbons (Fsp3) is 0.286. The number of carbonyl (C=O) groups is 2. The van der Waals surface area contributed by atoms with Crippen molar-refractivity contribution < 1.29 is 9.59 Å². The van der Waals surface area contributed by atoms with Crippen LogP contribution in [0.5, 0.6) is 0 Å². The van der Waals surface area contributed by atoms with E-state index in [1.165, 1.54) is 11.1 Å². The van der Waals surface area contributed by atoms with Crippen molar-refractivity contribution in [3.63, 3.8) is 0 Å². The van der Waals surface area contributed by atoms with E-state index in [4.69, 9.17) is 0 Å². The smallest absolute Gasteiger partial charge is 0.318 e. The molecule has 3 amide bonds. The molecule has 35 heavy (non-hydrogen) atoms. The first-order valence-electron chi connectivity index (χ1n) is 12.0. The Morgan fingerprint density at radius 3 is 2.51 bits per heavy atom. The lowest BCUT2D eigenvalue weighted by atomic mass is 10.1. The molecule has 0 saturated carbocycles. The third-order valence-corrected chi connectivity index (χ3v) is 7.60. The van der Waals surface area contributed by atoms with Gasteiger partial charge in [-0.25, -0.2) is 4.79 Å². The highest BCUT2D eigenvalue weighted by Crippen LogP contribution is 2.28. The predicted octanol–water partition coefficient (Wildman–Crippen LogP) is 5.12. The molecule has 5 rings (SSSR count). The Morgan fingerprint density at radius 2 is 1.77 bits per heavy atom. The summed E-state index contributed by atoms with van der Waals surface area (Å²) in [6.45, 7) is 6.78. The maximum absolute atomic E-state index is 13.7. The maximum atomic E-state index is 13.7. The largest absolute Gasteiger partial charge is 0.334 e. The second kappa shape index (κ2) is 9.96. The van der Waals surface area contributed by atoms with Crippen molar-refractivity contribution in [3.05, 3.63) is 94.5 Å². The summed E-state index contributed by atoms with van der Waals surface area (Å²) in [5, 5.41) is 6.17. The molecule has 0 spiro atoms. The van der Waals surface area contributed by atoms with Crippen LogP contribution < -0.4 is 5.32 Å². The number of benzene rings is 2. The van der Waals surface area contributed by atoms with Crippen molar-refractivity contribution in [2.75, 3.05) is 19.6 Å². The van der Waals surface area contributed by atoms with Crippen LogP contribution in [-0.4, -0.2) is 52.0 Å². The molecule has 2 aromatic carbocycles. The van der Waals surface area contributed by atoms with Gasteiger partial charge in [-0.15, -0.1) is 11.3 Å². The van der Waals surface area contributed by atoms with Crippen LogP contribution in [0.25, 0.3) is 10.2 Å². The minimum Gasteiger partial charge on any atom is -0.334 e. The van der Waals surface area contributed by atoms with E-state index >= 15 is 0 Å². The highest BCUT2D eigenvalue weighted by Gasteiger charge is 2.31. The summed E-state index contributed by atoms with van der Waals surface area (Å²) < 4.78 is 2.14. The van der Waals surface area contributed by atoms with Gasteiger partial charge in [0.05, 0.1) is 0 Å². The molecule has 180 valence electrons. The molecule has 4 aromatic rings. The number of urea groups is 1. The number of carbonyl (C=O) groups excluding carboxylic acids is 2. The predicted molar refractivity (Wildman–Crippen MR) is 141 cm³/mol. The number of aromatic nitrogens is 1. The summed E-state index contributed by atoms with van der Waals surface area (Å²) >= 11 is 1.66. The molecule has 3 heterocycles. The number of aryl methyl sites for hydroxylation is 1. The number of piperazine rings is 1. The van der Waals surface area contributed by atoms with Crippen molar-refractivity contribution in [3.8, 4) is 0 Å². The molecule has 1 unspecified atom stereocenters. The number of hydrogen-bond donors (Lipinski definition) is 1. The number of rotatable bonds is 5. The van der Waals surface area contributed by atoms with Crippen molar-refractivity contribution >= 4 is 33.5 Å². The quantitative estimate of drug-likeness (QED) is 0.426. The molecule has 1 atom stereocenters. The first-order chi connectivity index (χ1) is 17.0. The van der Waals surface area contributed by atoms with Crippen molar-refractivity contribution in [1.82, 2.24) is 19.7 Å². The van der Waals surface area contributed by atoms with E-state index in [1.807, 2.05) is 53.1 Å². The molecule has 6 nitrogen and oxygen atoms in total. The molecule has 0 bridgehead atoms. The Kier molecular flexibility index (Phi) is 6.59. The van der Waals surface area contributed by atoms with Crippen LogP contribution in [0.2, 0.25) is 0 Å². The van der Waals surface area contributed by atoms with Crippen LogP contribution in [0, 0.1) is 6.92 Å². The van der Waals surface area contributed by atoms with Crippen molar-refractivity contribution in [2.24, 2.45) is 0 Å². The molecule has 1 aliphatic heterocycles. The highest BCUT2D eigenvalue weighted by molar-refractivity contribution is 7.16. The van der Waals surface area contributed by atoms with Crippen molar-refractivity contribution in [1.29, 1.82) is 0 Å². The topological polar surface area (TPSA) is 57.6 Å². The Morgan fingerprint density at radius 1 is 1.00 bits per heavy atom. The third-order valence-electron chi connectivity index (χ3n) is 6.64. The molecule has 1 aliphatic rings. The summed E-state index contributed by atoms with van der Waals surface area (Å²) in [4.78, 5) is 31.3. The van der Waals surface area contributed by atoms with E-state index in [9.17, 15) is 9.59 Å².